The molecule has 0 aliphatic rings. The number of rotatable bonds is 7. The highest BCUT2D eigenvalue weighted by atomic mass is 32.1. The zero-order valence-corrected chi connectivity index (χ0v) is 17.0. The molecule has 0 spiro atoms. The van der Waals surface area contributed by atoms with Crippen molar-refractivity contribution in [3.8, 4) is 11.1 Å². The van der Waals surface area contributed by atoms with E-state index in [1.807, 2.05) is 18.9 Å². The van der Waals surface area contributed by atoms with Gasteiger partial charge in [0.1, 0.15) is 17.0 Å². The first-order valence-electron chi connectivity index (χ1n) is 9.20. The average Bonchev–Trinajstić information content (AvgIpc) is 3.10. The van der Waals surface area contributed by atoms with Crippen LogP contribution in [-0.4, -0.2) is 36.1 Å². The number of anilines is 1. The second-order valence-corrected chi connectivity index (χ2v) is 7.64. The van der Waals surface area contributed by atoms with Crippen molar-refractivity contribution >= 4 is 33.3 Å². The molecule has 3 aromatic rings. The van der Waals surface area contributed by atoms with Crippen LogP contribution in [0.15, 0.2) is 36.0 Å². The van der Waals surface area contributed by atoms with E-state index in [9.17, 15) is 4.79 Å². The molecule has 0 N–H and O–H groups in total. The summed E-state index contributed by atoms with van der Waals surface area (Å²) in [4.78, 5) is 23.6. The smallest absolute Gasteiger partial charge is 0.307 e. The Morgan fingerprint density at radius 2 is 1.96 bits per heavy atom. The maximum absolute atomic E-state index is 11.7. The molecule has 3 rings (SSSR count). The Hall–Kier alpha value is -2.47. The molecule has 5 nitrogen and oxygen atoms in total. The fourth-order valence-electron chi connectivity index (χ4n) is 3.01. The monoisotopic (exact) mass is 383 g/mol. The quantitative estimate of drug-likeness (QED) is 0.545. The number of carbonyl (C=O) groups excluding carboxylic acids is 1. The third kappa shape index (κ3) is 4.27. The molecule has 1 aromatic carbocycles. The lowest BCUT2D eigenvalue weighted by atomic mass is 9.99. The predicted molar refractivity (Wildman–Crippen MR) is 111 cm³/mol. The van der Waals surface area contributed by atoms with Gasteiger partial charge in [-0.3, -0.25) is 4.79 Å². The first-order valence-corrected chi connectivity index (χ1v) is 10.1. The van der Waals surface area contributed by atoms with Gasteiger partial charge in [0, 0.05) is 24.5 Å². The fourth-order valence-corrected chi connectivity index (χ4v) is 3.92. The van der Waals surface area contributed by atoms with Crippen molar-refractivity contribution in [2.75, 3.05) is 25.1 Å². The second kappa shape index (κ2) is 8.48. The van der Waals surface area contributed by atoms with Gasteiger partial charge < -0.3 is 9.64 Å². The van der Waals surface area contributed by atoms with Crippen molar-refractivity contribution in [2.24, 2.45) is 0 Å². The number of ether oxygens (including phenoxy) is 1. The molecule has 0 aliphatic carbocycles. The van der Waals surface area contributed by atoms with Crippen molar-refractivity contribution in [3.05, 3.63) is 41.5 Å². The van der Waals surface area contributed by atoms with Crippen molar-refractivity contribution in [2.45, 2.75) is 33.1 Å². The van der Waals surface area contributed by atoms with E-state index in [1.54, 1.807) is 17.7 Å². The van der Waals surface area contributed by atoms with Crippen LogP contribution < -0.4 is 4.90 Å². The maximum Gasteiger partial charge on any atom is 0.307 e. The van der Waals surface area contributed by atoms with Crippen molar-refractivity contribution in [1.82, 2.24) is 9.97 Å². The molecule has 0 fully saturated rings. The molecule has 0 amide bonds. The molecular weight excluding hydrogens is 358 g/mol. The number of benzene rings is 1. The normalized spacial score (nSPS) is 11.1. The Morgan fingerprint density at radius 1 is 1.22 bits per heavy atom. The number of aromatic nitrogens is 2. The lowest BCUT2D eigenvalue weighted by molar-refractivity contribution is -0.142. The lowest BCUT2D eigenvalue weighted by Crippen LogP contribution is -2.23. The van der Waals surface area contributed by atoms with Crippen LogP contribution in [0.2, 0.25) is 0 Å². The van der Waals surface area contributed by atoms with Crippen LogP contribution in [0.4, 0.5) is 5.82 Å². The van der Waals surface area contributed by atoms with Gasteiger partial charge in [0.05, 0.1) is 18.4 Å². The molecule has 0 bridgehead atoms. The number of esters is 1. The van der Waals surface area contributed by atoms with E-state index in [0.29, 0.717) is 25.5 Å². The third-order valence-electron chi connectivity index (χ3n) is 4.56. The Morgan fingerprint density at radius 3 is 2.63 bits per heavy atom. The molecule has 0 radical (unpaired) electrons. The van der Waals surface area contributed by atoms with E-state index < -0.39 is 0 Å². The summed E-state index contributed by atoms with van der Waals surface area (Å²) < 4.78 is 5.03. The highest BCUT2D eigenvalue weighted by Crippen LogP contribution is 2.37. The number of hydrogen-bond acceptors (Lipinski definition) is 6. The molecule has 0 atom stereocenters. The van der Waals surface area contributed by atoms with Gasteiger partial charge in [0.15, 0.2) is 0 Å². The summed E-state index contributed by atoms with van der Waals surface area (Å²) in [5, 5.41) is 3.16. The van der Waals surface area contributed by atoms with Gasteiger partial charge in [-0.25, -0.2) is 9.97 Å². The average molecular weight is 384 g/mol. The van der Waals surface area contributed by atoms with Gasteiger partial charge in [0.25, 0.3) is 0 Å². The van der Waals surface area contributed by atoms with Crippen LogP contribution in [0.3, 0.4) is 0 Å². The summed E-state index contributed by atoms with van der Waals surface area (Å²) in [6.45, 7) is 7.16. The Bertz CT molecular complexity index is 919. The molecule has 0 saturated carbocycles. The minimum atomic E-state index is -0.190. The summed E-state index contributed by atoms with van der Waals surface area (Å²) >= 11 is 1.61. The molecule has 0 aliphatic heterocycles. The third-order valence-corrected chi connectivity index (χ3v) is 5.44. The highest BCUT2D eigenvalue weighted by molar-refractivity contribution is 7.17. The predicted octanol–water partition coefficient (Wildman–Crippen LogP) is 4.87. The molecule has 2 heterocycles. The minimum Gasteiger partial charge on any atom is -0.466 e. The summed E-state index contributed by atoms with van der Waals surface area (Å²) in [5.41, 5.74) is 3.60. The van der Waals surface area contributed by atoms with Gasteiger partial charge in [-0.05, 0) is 24.0 Å². The number of carbonyl (C=O) groups is 1. The maximum atomic E-state index is 11.7. The van der Waals surface area contributed by atoms with Crippen molar-refractivity contribution < 1.29 is 9.53 Å². The minimum absolute atomic E-state index is 0.190. The fraction of sp³-hybridized carbons (Fsp3) is 0.381. The molecular formula is C21H25N3O2S. The molecule has 2 aromatic heterocycles. The van der Waals surface area contributed by atoms with Gasteiger partial charge >= 0.3 is 5.97 Å². The summed E-state index contributed by atoms with van der Waals surface area (Å²) in [6, 6.07) is 8.67. The zero-order chi connectivity index (χ0) is 19.4. The van der Waals surface area contributed by atoms with E-state index in [0.717, 1.165) is 27.2 Å². The molecule has 142 valence electrons. The van der Waals surface area contributed by atoms with E-state index >= 15 is 0 Å². The van der Waals surface area contributed by atoms with Crippen LogP contribution in [0.5, 0.6) is 0 Å². The van der Waals surface area contributed by atoms with E-state index in [-0.39, 0.29) is 5.97 Å². The van der Waals surface area contributed by atoms with E-state index in [2.05, 4.69) is 53.5 Å². The largest absolute Gasteiger partial charge is 0.466 e. The van der Waals surface area contributed by atoms with Gasteiger partial charge in [-0.15, -0.1) is 11.3 Å². The SMILES string of the molecule is CCOC(=O)CCN(C)c1ncnc2scc(-c3ccc(C(C)C)cc3)c12. The first-order chi connectivity index (χ1) is 13.0. The van der Waals surface area contributed by atoms with Crippen molar-refractivity contribution in [1.29, 1.82) is 0 Å². The summed E-state index contributed by atoms with van der Waals surface area (Å²) in [5.74, 6) is 1.16. The number of hydrogen-bond donors (Lipinski definition) is 0. The van der Waals surface area contributed by atoms with Crippen molar-refractivity contribution in [3.63, 3.8) is 0 Å². The van der Waals surface area contributed by atoms with Crippen LogP contribution >= 0.6 is 11.3 Å². The molecule has 0 unspecified atom stereocenters. The summed E-state index contributed by atoms with van der Waals surface area (Å²) in [7, 11) is 1.95. The number of thiophene rings is 1. The van der Waals surface area contributed by atoms with Gasteiger partial charge in [-0.2, -0.15) is 0 Å². The van der Waals surface area contributed by atoms with Gasteiger partial charge in [-0.1, -0.05) is 38.1 Å². The molecule has 0 saturated heterocycles. The first kappa shape index (κ1) is 19.3. The Labute approximate surface area is 164 Å². The van der Waals surface area contributed by atoms with E-state index in [4.69, 9.17) is 4.74 Å². The highest BCUT2D eigenvalue weighted by Gasteiger charge is 2.17. The molecule has 6 heteroatoms. The molecule has 27 heavy (non-hydrogen) atoms. The van der Waals surface area contributed by atoms with Crippen LogP contribution in [-0.2, 0) is 9.53 Å². The zero-order valence-electron chi connectivity index (χ0n) is 16.2. The number of fused-ring (bicyclic) bond motifs is 1. The van der Waals surface area contributed by atoms with E-state index in [1.165, 1.54) is 5.56 Å². The topological polar surface area (TPSA) is 55.3 Å². The van der Waals surface area contributed by atoms with Gasteiger partial charge in [0.2, 0.25) is 0 Å². The Kier molecular flexibility index (Phi) is 6.06. The number of nitrogens with zero attached hydrogens (tertiary/aromatic N) is 3. The van der Waals surface area contributed by atoms with Crippen LogP contribution in [0.1, 0.15) is 38.7 Å². The van der Waals surface area contributed by atoms with Crippen LogP contribution in [0.25, 0.3) is 21.3 Å². The van der Waals surface area contributed by atoms with Crippen LogP contribution in [0, 0.1) is 0 Å². The summed E-state index contributed by atoms with van der Waals surface area (Å²) in [6.07, 6.45) is 1.92. The second-order valence-electron chi connectivity index (χ2n) is 6.78. The Balaban J connectivity index is 1.93. The lowest BCUT2D eigenvalue weighted by Gasteiger charge is -2.19. The standard InChI is InChI=1S/C21H25N3O2S/c1-5-26-18(25)10-11-24(4)20-19-17(12-27-21(19)23-13-22-20)16-8-6-15(7-9-16)14(2)3/h6-9,12-14H,5,10-11H2,1-4H3.